The molecule has 5 heteroatoms. The summed E-state index contributed by atoms with van der Waals surface area (Å²) in [5, 5.41) is 4.12. The molecule has 0 aliphatic carbocycles. The van der Waals surface area contributed by atoms with E-state index in [1.165, 1.54) is 0 Å². The van der Waals surface area contributed by atoms with E-state index in [4.69, 9.17) is 4.84 Å². The molecule has 0 aliphatic rings. The normalized spacial score (nSPS) is 11.8. The van der Waals surface area contributed by atoms with Crippen LogP contribution < -0.4 is 5.69 Å². The van der Waals surface area contributed by atoms with E-state index in [1.807, 2.05) is 55.5 Å². The zero-order chi connectivity index (χ0) is 14.7. The monoisotopic (exact) mass is 281 g/mol. The Morgan fingerprint density at radius 2 is 1.86 bits per heavy atom. The van der Waals surface area contributed by atoms with Crippen molar-refractivity contribution in [3.05, 3.63) is 70.1 Å². The van der Waals surface area contributed by atoms with Crippen LogP contribution in [0.2, 0.25) is 0 Å². The van der Waals surface area contributed by atoms with Gasteiger partial charge in [0.15, 0.2) is 0 Å². The summed E-state index contributed by atoms with van der Waals surface area (Å²) >= 11 is 0. The molecule has 2 aromatic carbocycles. The first-order valence-electron chi connectivity index (χ1n) is 6.65. The third kappa shape index (κ3) is 3.02. The van der Waals surface area contributed by atoms with Crippen molar-refractivity contribution in [2.75, 3.05) is 0 Å². The molecule has 1 heterocycles. The predicted molar refractivity (Wildman–Crippen MR) is 82.4 cm³/mol. The summed E-state index contributed by atoms with van der Waals surface area (Å²) in [6.45, 7) is 2.30. The van der Waals surface area contributed by atoms with Gasteiger partial charge in [-0.05, 0) is 24.6 Å². The Morgan fingerprint density at radius 3 is 2.67 bits per heavy atom. The van der Waals surface area contributed by atoms with E-state index in [9.17, 15) is 4.79 Å². The zero-order valence-electron chi connectivity index (χ0n) is 11.6. The van der Waals surface area contributed by atoms with Crippen molar-refractivity contribution in [2.24, 2.45) is 5.16 Å². The minimum atomic E-state index is -0.211. The first-order valence-corrected chi connectivity index (χ1v) is 6.65. The average Bonchev–Trinajstić information content (AvgIpc) is 2.87. The van der Waals surface area contributed by atoms with Crippen molar-refractivity contribution in [1.82, 2.24) is 9.97 Å². The summed E-state index contributed by atoms with van der Waals surface area (Å²) in [5.41, 5.74) is 4.06. The number of imidazole rings is 1. The van der Waals surface area contributed by atoms with Crippen LogP contribution in [0.3, 0.4) is 0 Å². The molecule has 0 saturated carbocycles. The van der Waals surface area contributed by atoms with Crippen molar-refractivity contribution < 1.29 is 4.84 Å². The van der Waals surface area contributed by atoms with Crippen LogP contribution in [0.25, 0.3) is 11.0 Å². The van der Waals surface area contributed by atoms with Gasteiger partial charge in [0.05, 0.1) is 16.7 Å². The molecule has 0 saturated heterocycles. The number of H-pyrrole nitrogens is 2. The second-order valence-electron chi connectivity index (χ2n) is 4.78. The summed E-state index contributed by atoms with van der Waals surface area (Å²) in [5.74, 6) is 0. The number of fused-ring (bicyclic) bond motifs is 1. The van der Waals surface area contributed by atoms with Gasteiger partial charge in [-0.25, -0.2) is 4.79 Å². The van der Waals surface area contributed by atoms with Crippen LogP contribution in [0.4, 0.5) is 0 Å². The first-order chi connectivity index (χ1) is 10.2. The third-order valence-electron chi connectivity index (χ3n) is 3.21. The first kappa shape index (κ1) is 13.2. The fraction of sp³-hybridized carbons (Fsp3) is 0.125. The van der Waals surface area contributed by atoms with E-state index < -0.39 is 0 Å². The number of oxime groups is 1. The van der Waals surface area contributed by atoms with E-state index in [1.54, 1.807) is 0 Å². The lowest BCUT2D eigenvalue weighted by Gasteiger charge is -2.03. The van der Waals surface area contributed by atoms with Gasteiger partial charge in [0.2, 0.25) is 0 Å². The van der Waals surface area contributed by atoms with Gasteiger partial charge in [0.1, 0.15) is 6.61 Å². The molecule has 0 unspecified atom stereocenters. The number of aromatic nitrogens is 2. The van der Waals surface area contributed by atoms with Gasteiger partial charge in [-0.2, -0.15) is 0 Å². The molecule has 0 bridgehead atoms. The number of benzene rings is 2. The number of nitrogens with zero attached hydrogens (tertiary/aromatic N) is 1. The average molecular weight is 281 g/mol. The second kappa shape index (κ2) is 5.66. The van der Waals surface area contributed by atoms with Gasteiger partial charge in [0.25, 0.3) is 0 Å². The number of hydrogen-bond donors (Lipinski definition) is 2. The molecule has 0 atom stereocenters. The van der Waals surface area contributed by atoms with Crippen LogP contribution in [0.5, 0.6) is 0 Å². The molecule has 3 rings (SSSR count). The maximum atomic E-state index is 11.2. The van der Waals surface area contributed by atoms with E-state index in [-0.39, 0.29) is 5.69 Å². The fourth-order valence-corrected chi connectivity index (χ4v) is 2.09. The molecule has 106 valence electrons. The molecule has 0 fully saturated rings. The Labute approximate surface area is 121 Å². The van der Waals surface area contributed by atoms with Crippen LogP contribution in [0.15, 0.2) is 58.5 Å². The SMILES string of the molecule is C/C(=N\OCc1ccccc1)c1ccc2[nH]c(=O)[nH]c2c1. The number of hydrogen-bond acceptors (Lipinski definition) is 3. The molecule has 3 aromatic rings. The molecule has 0 aliphatic heterocycles. The van der Waals surface area contributed by atoms with Crippen LogP contribution in [0, 0.1) is 0 Å². The molecular weight excluding hydrogens is 266 g/mol. The minimum Gasteiger partial charge on any atom is -0.391 e. The maximum absolute atomic E-state index is 11.2. The predicted octanol–water partition coefficient (Wildman–Crippen LogP) is 2.80. The van der Waals surface area contributed by atoms with Gasteiger partial charge in [-0.3, -0.25) is 0 Å². The second-order valence-corrected chi connectivity index (χ2v) is 4.78. The lowest BCUT2D eigenvalue weighted by molar-refractivity contribution is 0.130. The highest BCUT2D eigenvalue weighted by molar-refractivity contribution is 6.00. The van der Waals surface area contributed by atoms with Crippen molar-refractivity contribution in [1.29, 1.82) is 0 Å². The highest BCUT2D eigenvalue weighted by atomic mass is 16.6. The lowest BCUT2D eigenvalue weighted by atomic mass is 10.1. The van der Waals surface area contributed by atoms with Gasteiger partial charge in [-0.15, -0.1) is 0 Å². The summed E-state index contributed by atoms with van der Waals surface area (Å²) < 4.78 is 0. The topological polar surface area (TPSA) is 70.2 Å². The quantitative estimate of drug-likeness (QED) is 0.570. The summed E-state index contributed by atoms with van der Waals surface area (Å²) in [7, 11) is 0. The molecule has 21 heavy (non-hydrogen) atoms. The Bertz CT molecular complexity index is 831. The Hall–Kier alpha value is -2.82. The van der Waals surface area contributed by atoms with Crippen molar-refractivity contribution >= 4 is 16.7 Å². The highest BCUT2D eigenvalue weighted by Crippen LogP contribution is 2.11. The molecule has 0 amide bonds. The van der Waals surface area contributed by atoms with Crippen LogP contribution in [0.1, 0.15) is 18.1 Å². The fourth-order valence-electron chi connectivity index (χ4n) is 2.09. The Balaban J connectivity index is 1.74. The number of aromatic amines is 2. The molecule has 0 radical (unpaired) electrons. The Kier molecular flexibility index (Phi) is 3.55. The standard InChI is InChI=1S/C16H15N3O2/c1-11(19-21-10-12-5-3-2-4-6-12)13-7-8-14-15(9-13)18-16(20)17-14/h2-9H,10H2,1H3,(H2,17,18,20)/b19-11+. The molecule has 1 aromatic heterocycles. The van der Waals surface area contributed by atoms with Gasteiger partial charge < -0.3 is 14.8 Å². The van der Waals surface area contributed by atoms with E-state index in [0.717, 1.165) is 27.9 Å². The summed E-state index contributed by atoms with van der Waals surface area (Å²) in [4.78, 5) is 22.0. The van der Waals surface area contributed by atoms with Gasteiger partial charge in [-0.1, -0.05) is 41.6 Å². The largest absolute Gasteiger partial charge is 0.391 e. The van der Waals surface area contributed by atoms with E-state index in [0.29, 0.717) is 6.61 Å². The van der Waals surface area contributed by atoms with Crippen molar-refractivity contribution in [2.45, 2.75) is 13.5 Å². The molecule has 2 N–H and O–H groups in total. The maximum Gasteiger partial charge on any atom is 0.323 e. The summed E-state index contributed by atoms with van der Waals surface area (Å²) in [6.07, 6.45) is 0. The van der Waals surface area contributed by atoms with Crippen LogP contribution in [-0.4, -0.2) is 15.7 Å². The van der Waals surface area contributed by atoms with Crippen LogP contribution in [-0.2, 0) is 11.4 Å². The molecule has 5 nitrogen and oxygen atoms in total. The minimum absolute atomic E-state index is 0.211. The van der Waals surface area contributed by atoms with Crippen LogP contribution >= 0.6 is 0 Å². The van der Waals surface area contributed by atoms with Crippen molar-refractivity contribution in [3.63, 3.8) is 0 Å². The summed E-state index contributed by atoms with van der Waals surface area (Å²) in [6, 6.07) is 15.5. The lowest BCUT2D eigenvalue weighted by Crippen LogP contribution is -1.99. The van der Waals surface area contributed by atoms with Gasteiger partial charge in [0, 0.05) is 5.56 Å². The van der Waals surface area contributed by atoms with Crippen molar-refractivity contribution in [3.8, 4) is 0 Å². The zero-order valence-corrected chi connectivity index (χ0v) is 11.6. The van der Waals surface area contributed by atoms with Gasteiger partial charge >= 0.3 is 5.69 Å². The molecule has 0 spiro atoms. The van der Waals surface area contributed by atoms with E-state index >= 15 is 0 Å². The Morgan fingerprint density at radius 1 is 1.10 bits per heavy atom. The smallest absolute Gasteiger partial charge is 0.323 e. The third-order valence-corrected chi connectivity index (χ3v) is 3.21. The number of nitrogens with one attached hydrogen (secondary N) is 2. The number of rotatable bonds is 4. The highest BCUT2D eigenvalue weighted by Gasteiger charge is 2.03. The molecular formula is C16H15N3O2. The van der Waals surface area contributed by atoms with E-state index in [2.05, 4.69) is 15.1 Å².